The van der Waals surface area contributed by atoms with Crippen LogP contribution in [0.15, 0.2) is 79.0 Å². The van der Waals surface area contributed by atoms with E-state index in [1.807, 2.05) is 37.3 Å². The zero-order valence-electron chi connectivity index (χ0n) is 16.1. The van der Waals surface area contributed by atoms with E-state index in [2.05, 4.69) is 64.3 Å². The Kier molecular flexibility index (Phi) is 5.84. The number of hydrogen-bond donors (Lipinski definition) is 3. The van der Waals surface area contributed by atoms with Gasteiger partial charge < -0.3 is 15.6 Å². The van der Waals surface area contributed by atoms with Gasteiger partial charge in [-0.3, -0.25) is 0 Å². The molecule has 0 bridgehead atoms. The first-order chi connectivity index (χ1) is 14.1. The number of halogens is 1. The summed E-state index contributed by atoms with van der Waals surface area (Å²) in [6.45, 7) is 2.66. The van der Waals surface area contributed by atoms with Crippen LogP contribution >= 0.6 is 23.8 Å². The number of anilines is 1. The summed E-state index contributed by atoms with van der Waals surface area (Å²) in [5.41, 5.74) is 5.55. The average molecular weight is 420 g/mol. The summed E-state index contributed by atoms with van der Waals surface area (Å²) in [5.74, 6) is 0.161. The molecule has 0 aliphatic heterocycles. The summed E-state index contributed by atoms with van der Waals surface area (Å²) in [7, 11) is 0. The summed E-state index contributed by atoms with van der Waals surface area (Å²) in [5, 5.41) is 9.13. The van der Waals surface area contributed by atoms with Gasteiger partial charge in [0.1, 0.15) is 0 Å². The van der Waals surface area contributed by atoms with E-state index >= 15 is 0 Å². The van der Waals surface area contributed by atoms with Gasteiger partial charge >= 0.3 is 0 Å². The largest absolute Gasteiger partial charge is 0.361 e. The Morgan fingerprint density at radius 2 is 1.79 bits per heavy atom. The van der Waals surface area contributed by atoms with Crippen molar-refractivity contribution < 1.29 is 0 Å². The second-order valence-corrected chi connectivity index (χ2v) is 7.87. The summed E-state index contributed by atoms with van der Waals surface area (Å²) in [6.07, 6.45) is 2.10. The lowest BCUT2D eigenvalue weighted by molar-refractivity contribution is 0.766. The van der Waals surface area contributed by atoms with Gasteiger partial charge in [0.25, 0.3) is 0 Å². The number of aromatic amines is 1. The van der Waals surface area contributed by atoms with E-state index in [-0.39, 0.29) is 5.92 Å². The molecule has 0 saturated carbocycles. The number of para-hydroxylation sites is 1. The molecule has 0 fully saturated rings. The predicted molar refractivity (Wildman–Crippen MR) is 127 cm³/mol. The fraction of sp³-hybridized carbons (Fsp3) is 0.125. The van der Waals surface area contributed by atoms with Crippen molar-refractivity contribution in [2.45, 2.75) is 12.8 Å². The van der Waals surface area contributed by atoms with Crippen molar-refractivity contribution in [2.24, 2.45) is 0 Å². The number of rotatable bonds is 5. The van der Waals surface area contributed by atoms with Crippen molar-refractivity contribution in [3.8, 4) is 0 Å². The van der Waals surface area contributed by atoms with Gasteiger partial charge in [-0.1, -0.05) is 66.2 Å². The molecule has 1 heterocycles. The van der Waals surface area contributed by atoms with Crippen molar-refractivity contribution in [1.82, 2.24) is 10.3 Å². The zero-order chi connectivity index (χ0) is 20.2. The summed E-state index contributed by atoms with van der Waals surface area (Å²) in [4.78, 5) is 3.39. The lowest BCUT2D eigenvalue weighted by Crippen LogP contribution is -2.32. The topological polar surface area (TPSA) is 39.8 Å². The zero-order valence-corrected chi connectivity index (χ0v) is 17.6. The molecule has 0 radical (unpaired) electrons. The fourth-order valence-electron chi connectivity index (χ4n) is 3.52. The van der Waals surface area contributed by atoms with E-state index in [1.165, 1.54) is 16.5 Å². The van der Waals surface area contributed by atoms with Crippen molar-refractivity contribution in [3.05, 3.63) is 101 Å². The molecule has 146 valence electrons. The first kappa shape index (κ1) is 19.5. The van der Waals surface area contributed by atoms with Crippen molar-refractivity contribution >= 4 is 45.5 Å². The third-order valence-electron chi connectivity index (χ3n) is 5.10. The van der Waals surface area contributed by atoms with E-state index < -0.39 is 0 Å². The molecule has 1 atom stereocenters. The SMILES string of the molecule is Cc1ccc(NC(=S)NCC(c2ccccc2)c2c[nH]c3ccccc23)cc1Cl. The molecular formula is C24H22ClN3S. The number of fused-ring (bicyclic) bond motifs is 1. The molecule has 3 N–H and O–H groups in total. The maximum atomic E-state index is 6.22. The van der Waals surface area contributed by atoms with Gasteiger partial charge in [-0.05, 0) is 54.0 Å². The molecule has 1 unspecified atom stereocenters. The van der Waals surface area contributed by atoms with Crippen LogP contribution in [0.4, 0.5) is 5.69 Å². The molecule has 0 aliphatic carbocycles. The molecule has 5 heteroatoms. The molecule has 3 aromatic carbocycles. The Labute approximate surface area is 181 Å². The molecular weight excluding hydrogens is 398 g/mol. The highest BCUT2D eigenvalue weighted by molar-refractivity contribution is 7.80. The third kappa shape index (κ3) is 4.44. The maximum Gasteiger partial charge on any atom is 0.170 e. The highest BCUT2D eigenvalue weighted by Gasteiger charge is 2.18. The van der Waals surface area contributed by atoms with Crippen LogP contribution in [0, 0.1) is 6.92 Å². The van der Waals surface area contributed by atoms with Gasteiger partial charge in [0.2, 0.25) is 0 Å². The van der Waals surface area contributed by atoms with Crippen LogP contribution in [-0.2, 0) is 0 Å². The summed E-state index contributed by atoms with van der Waals surface area (Å²) < 4.78 is 0. The van der Waals surface area contributed by atoms with E-state index in [9.17, 15) is 0 Å². The van der Waals surface area contributed by atoms with Crippen LogP contribution in [0.1, 0.15) is 22.6 Å². The van der Waals surface area contributed by atoms with E-state index in [0.717, 1.165) is 21.8 Å². The van der Waals surface area contributed by atoms with Crippen LogP contribution in [-0.4, -0.2) is 16.6 Å². The van der Waals surface area contributed by atoms with Gasteiger partial charge in [-0.15, -0.1) is 0 Å². The van der Waals surface area contributed by atoms with Gasteiger partial charge in [0.05, 0.1) is 0 Å². The molecule has 29 heavy (non-hydrogen) atoms. The van der Waals surface area contributed by atoms with Gasteiger partial charge in [0.15, 0.2) is 5.11 Å². The summed E-state index contributed by atoms with van der Waals surface area (Å²) in [6, 6.07) is 24.7. The van der Waals surface area contributed by atoms with Crippen molar-refractivity contribution in [1.29, 1.82) is 0 Å². The number of aryl methyl sites for hydroxylation is 1. The van der Waals surface area contributed by atoms with Gasteiger partial charge in [-0.25, -0.2) is 0 Å². The lowest BCUT2D eigenvalue weighted by atomic mass is 9.91. The average Bonchev–Trinajstić information content (AvgIpc) is 3.16. The minimum absolute atomic E-state index is 0.161. The Morgan fingerprint density at radius 1 is 1.03 bits per heavy atom. The third-order valence-corrected chi connectivity index (χ3v) is 5.75. The number of H-pyrrole nitrogens is 1. The number of aromatic nitrogens is 1. The molecule has 3 nitrogen and oxygen atoms in total. The van der Waals surface area contributed by atoms with E-state index in [1.54, 1.807) is 0 Å². The number of thiocarbonyl (C=S) groups is 1. The quantitative estimate of drug-likeness (QED) is 0.335. The molecule has 1 aromatic heterocycles. The van der Waals surface area contributed by atoms with Crippen LogP contribution in [0.5, 0.6) is 0 Å². The lowest BCUT2D eigenvalue weighted by Gasteiger charge is -2.20. The van der Waals surface area contributed by atoms with Gasteiger partial charge in [-0.2, -0.15) is 0 Å². The summed E-state index contributed by atoms with van der Waals surface area (Å²) >= 11 is 11.8. The standard InChI is InChI=1S/C24H22ClN3S/c1-16-11-12-18(13-22(16)25)28-24(29)27-14-20(17-7-3-2-4-8-17)21-15-26-23-10-6-5-9-19(21)23/h2-13,15,20,26H,14H2,1H3,(H2,27,28,29). The van der Waals surface area contributed by atoms with Crippen LogP contribution in [0.3, 0.4) is 0 Å². The normalized spacial score (nSPS) is 11.9. The number of hydrogen-bond acceptors (Lipinski definition) is 1. The second kappa shape index (κ2) is 8.68. The van der Waals surface area contributed by atoms with Crippen molar-refractivity contribution in [3.63, 3.8) is 0 Å². The molecule has 4 aromatic rings. The van der Waals surface area contributed by atoms with Gasteiger partial charge in [0, 0.05) is 40.3 Å². The highest BCUT2D eigenvalue weighted by atomic mass is 35.5. The Balaban J connectivity index is 1.55. The first-order valence-corrected chi connectivity index (χ1v) is 10.3. The Hall–Kier alpha value is -2.82. The molecule has 0 aliphatic rings. The Bertz CT molecular complexity index is 1140. The highest BCUT2D eigenvalue weighted by Crippen LogP contribution is 2.30. The molecule has 0 spiro atoms. The van der Waals surface area contributed by atoms with Crippen LogP contribution in [0.2, 0.25) is 5.02 Å². The molecule has 0 saturated heterocycles. The monoisotopic (exact) mass is 419 g/mol. The number of nitrogens with one attached hydrogen (secondary N) is 3. The first-order valence-electron chi connectivity index (χ1n) is 9.54. The van der Waals surface area contributed by atoms with Crippen LogP contribution in [0.25, 0.3) is 10.9 Å². The van der Waals surface area contributed by atoms with Crippen LogP contribution < -0.4 is 10.6 Å². The molecule has 0 amide bonds. The smallest absolute Gasteiger partial charge is 0.170 e. The van der Waals surface area contributed by atoms with E-state index in [4.69, 9.17) is 23.8 Å². The Morgan fingerprint density at radius 3 is 2.59 bits per heavy atom. The molecule has 4 rings (SSSR count). The predicted octanol–water partition coefficient (Wildman–Crippen LogP) is 6.25. The minimum atomic E-state index is 0.161. The second-order valence-electron chi connectivity index (χ2n) is 7.05. The fourth-order valence-corrected chi connectivity index (χ4v) is 3.90. The minimum Gasteiger partial charge on any atom is -0.361 e. The maximum absolute atomic E-state index is 6.22. The number of benzene rings is 3. The van der Waals surface area contributed by atoms with Crippen molar-refractivity contribution in [2.75, 3.05) is 11.9 Å². The van der Waals surface area contributed by atoms with E-state index in [0.29, 0.717) is 11.7 Å².